The molecule has 1 aliphatic rings. The summed E-state index contributed by atoms with van der Waals surface area (Å²) in [5, 5.41) is 2.19. The lowest BCUT2D eigenvalue weighted by atomic mass is 10.1. The molecule has 1 N–H and O–H groups in total. The summed E-state index contributed by atoms with van der Waals surface area (Å²) in [6.07, 6.45) is 1.46. The van der Waals surface area contributed by atoms with Crippen molar-refractivity contribution in [1.82, 2.24) is 5.32 Å². The van der Waals surface area contributed by atoms with Crippen molar-refractivity contribution in [2.75, 3.05) is 4.90 Å². The number of benzene rings is 2. The van der Waals surface area contributed by atoms with Gasteiger partial charge in [-0.2, -0.15) is 0 Å². The van der Waals surface area contributed by atoms with Gasteiger partial charge in [0, 0.05) is 8.95 Å². The molecule has 1 aliphatic heterocycles. The van der Waals surface area contributed by atoms with Gasteiger partial charge in [0.05, 0.1) is 5.69 Å². The molecule has 1 heterocycles. The zero-order valence-corrected chi connectivity index (χ0v) is 15.3. The van der Waals surface area contributed by atoms with Gasteiger partial charge in [-0.25, -0.2) is 9.69 Å². The number of imide groups is 2. The van der Waals surface area contributed by atoms with E-state index in [1.54, 1.807) is 42.5 Å². The molecule has 4 amide bonds. The van der Waals surface area contributed by atoms with Gasteiger partial charge >= 0.3 is 6.03 Å². The molecule has 0 aromatic heterocycles. The third kappa shape index (κ3) is 3.32. The third-order valence-electron chi connectivity index (χ3n) is 3.35. The molecule has 0 unspecified atom stereocenters. The normalized spacial score (nSPS) is 16.5. The second-order valence-electron chi connectivity index (χ2n) is 4.99. The van der Waals surface area contributed by atoms with Crippen LogP contribution in [0.25, 0.3) is 6.08 Å². The van der Waals surface area contributed by atoms with Crippen LogP contribution in [-0.4, -0.2) is 17.8 Å². The van der Waals surface area contributed by atoms with Crippen molar-refractivity contribution in [3.8, 4) is 0 Å². The van der Waals surface area contributed by atoms with Crippen molar-refractivity contribution in [1.29, 1.82) is 0 Å². The van der Waals surface area contributed by atoms with Crippen molar-refractivity contribution in [2.24, 2.45) is 0 Å². The van der Waals surface area contributed by atoms with E-state index in [1.807, 2.05) is 6.07 Å². The van der Waals surface area contributed by atoms with E-state index in [9.17, 15) is 14.4 Å². The number of halogens is 2. The largest absolute Gasteiger partial charge is 0.335 e. The first-order valence-corrected chi connectivity index (χ1v) is 8.47. The highest BCUT2D eigenvalue weighted by Gasteiger charge is 2.36. The minimum Gasteiger partial charge on any atom is -0.273 e. The van der Waals surface area contributed by atoms with Gasteiger partial charge in [0.2, 0.25) is 0 Å². The Labute approximate surface area is 154 Å². The van der Waals surface area contributed by atoms with E-state index in [0.717, 1.165) is 13.8 Å². The topological polar surface area (TPSA) is 66.5 Å². The van der Waals surface area contributed by atoms with Crippen molar-refractivity contribution < 1.29 is 14.4 Å². The number of carbonyl (C=O) groups is 3. The fourth-order valence-corrected chi connectivity index (χ4v) is 2.93. The van der Waals surface area contributed by atoms with E-state index in [1.165, 1.54) is 6.08 Å². The third-order valence-corrected chi connectivity index (χ3v) is 4.37. The molecule has 0 bridgehead atoms. The molecular formula is C17H10Br2N2O3. The number of urea groups is 1. The Hall–Kier alpha value is -2.25. The Morgan fingerprint density at radius 1 is 0.917 bits per heavy atom. The predicted octanol–water partition coefficient (Wildman–Crippen LogP) is 3.88. The lowest BCUT2D eigenvalue weighted by Gasteiger charge is -2.26. The van der Waals surface area contributed by atoms with E-state index < -0.39 is 17.8 Å². The molecule has 2 aromatic rings. The molecule has 0 aliphatic carbocycles. The van der Waals surface area contributed by atoms with Crippen LogP contribution in [0.3, 0.4) is 0 Å². The molecule has 7 heteroatoms. The molecule has 0 spiro atoms. The van der Waals surface area contributed by atoms with Crippen LogP contribution in [-0.2, 0) is 9.59 Å². The van der Waals surface area contributed by atoms with Gasteiger partial charge in [-0.15, -0.1) is 0 Å². The molecule has 5 nitrogen and oxygen atoms in total. The Bertz CT molecular complexity index is 876. The highest BCUT2D eigenvalue weighted by atomic mass is 79.9. The van der Waals surface area contributed by atoms with Crippen LogP contribution >= 0.6 is 31.9 Å². The molecular weight excluding hydrogens is 440 g/mol. The van der Waals surface area contributed by atoms with Gasteiger partial charge < -0.3 is 0 Å². The molecule has 2 aromatic carbocycles. The number of nitrogens with one attached hydrogen (secondary N) is 1. The summed E-state index contributed by atoms with van der Waals surface area (Å²) in [5.41, 5.74) is 0.956. The maximum atomic E-state index is 12.7. The van der Waals surface area contributed by atoms with Gasteiger partial charge in [-0.1, -0.05) is 44.0 Å². The highest BCUT2D eigenvalue weighted by molar-refractivity contribution is 9.10. The maximum absolute atomic E-state index is 12.7. The fourth-order valence-electron chi connectivity index (χ4n) is 2.25. The molecule has 0 saturated carbocycles. The lowest BCUT2D eigenvalue weighted by molar-refractivity contribution is -0.122. The maximum Gasteiger partial charge on any atom is 0.335 e. The van der Waals surface area contributed by atoms with Gasteiger partial charge in [-0.05, 0) is 48.0 Å². The first-order valence-electron chi connectivity index (χ1n) is 6.88. The summed E-state index contributed by atoms with van der Waals surface area (Å²) in [4.78, 5) is 37.8. The SMILES string of the molecule is O=C1NC(=O)N(c2ccc(Br)cc2)C(=O)/C1=C/c1cccc(Br)c1. The van der Waals surface area contributed by atoms with E-state index in [4.69, 9.17) is 0 Å². The Balaban J connectivity index is 2.01. The quantitative estimate of drug-likeness (QED) is 0.558. The zero-order valence-electron chi connectivity index (χ0n) is 12.1. The van der Waals surface area contributed by atoms with Crippen LogP contribution in [0.2, 0.25) is 0 Å². The van der Waals surface area contributed by atoms with Crippen LogP contribution in [0, 0.1) is 0 Å². The monoisotopic (exact) mass is 448 g/mol. The Kier molecular flexibility index (Phi) is 4.64. The molecule has 0 radical (unpaired) electrons. The van der Waals surface area contributed by atoms with Crippen LogP contribution < -0.4 is 10.2 Å². The smallest absolute Gasteiger partial charge is 0.273 e. The van der Waals surface area contributed by atoms with Crippen LogP contribution in [0.4, 0.5) is 10.5 Å². The molecule has 1 fully saturated rings. The number of anilines is 1. The molecule has 3 rings (SSSR count). The fraction of sp³-hybridized carbons (Fsp3) is 0. The van der Waals surface area contributed by atoms with Gasteiger partial charge in [0.1, 0.15) is 5.57 Å². The van der Waals surface area contributed by atoms with Gasteiger partial charge in [0.15, 0.2) is 0 Å². The number of carbonyl (C=O) groups excluding carboxylic acids is 3. The average Bonchev–Trinajstić information content (AvgIpc) is 2.53. The first kappa shape index (κ1) is 16.6. The summed E-state index contributed by atoms with van der Waals surface area (Å²) < 4.78 is 1.64. The summed E-state index contributed by atoms with van der Waals surface area (Å²) in [7, 11) is 0. The molecule has 24 heavy (non-hydrogen) atoms. The standard InChI is InChI=1S/C17H10Br2N2O3/c18-11-4-6-13(7-5-11)21-16(23)14(15(22)20-17(21)24)9-10-2-1-3-12(19)8-10/h1-9H,(H,20,22,24)/b14-9+. The predicted molar refractivity (Wildman–Crippen MR) is 97.3 cm³/mol. The number of nitrogens with zero attached hydrogens (tertiary/aromatic N) is 1. The Morgan fingerprint density at radius 3 is 2.29 bits per heavy atom. The summed E-state index contributed by atoms with van der Waals surface area (Å²) in [6, 6.07) is 13.1. The highest BCUT2D eigenvalue weighted by Crippen LogP contribution is 2.24. The lowest BCUT2D eigenvalue weighted by Crippen LogP contribution is -2.54. The Morgan fingerprint density at radius 2 is 1.62 bits per heavy atom. The van der Waals surface area contributed by atoms with Crippen LogP contribution in [0.5, 0.6) is 0 Å². The van der Waals surface area contributed by atoms with E-state index in [-0.39, 0.29) is 5.57 Å². The number of hydrogen-bond donors (Lipinski definition) is 1. The summed E-state index contributed by atoms with van der Waals surface area (Å²) in [6.45, 7) is 0. The summed E-state index contributed by atoms with van der Waals surface area (Å²) in [5.74, 6) is -1.37. The minimum absolute atomic E-state index is 0.101. The molecule has 1 saturated heterocycles. The average molecular weight is 450 g/mol. The van der Waals surface area contributed by atoms with Crippen LogP contribution in [0.15, 0.2) is 63.0 Å². The molecule has 120 valence electrons. The zero-order chi connectivity index (χ0) is 17.3. The van der Waals surface area contributed by atoms with Crippen molar-refractivity contribution in [3.05, 3.63) is 68.6 Å². The second-order valence-corrected chi connectivity index (χ2v) is 6.82. The van der Waals surface area contributed by atoms with Crippen LogP contribution in [0.1, 0.15) is 5.56 Å². The summed E-state index contributed by atoms with van der Waals surface area (Å²) >= 11 is 6.64. The molecule has 0 atom stereocenters. The number of hydrogen-bond acceptors (Lipinski definition) is 3. The first-order chi connectivity index (χ1) is 11.5. The van der Waals surface area contributed by atoms with Gasteiger partial charge in [0.25, 0.3) is 11.8 Å². The van der Waals surface area contributed by atoms with Crippen molar-refractivity contribution in [2.45, 2.75) is 0 Å². The second kappa shape index (κ2) is 6.70. The van der Waals surface area contributed by atoms with Crippen molar-refractivity contribution >= 4 is 61.5 Å². The van der Waals surface area contributed by atoms with Crippen molar-refractivity contribution in [3.63, 3.8) is 0 Å². The minimum atomic E-state index is -0.765. The number of amides is 4. The van der Waals surface area contributed by atoms with E-state index in [0.29, 0.717) is 11.3 Å². The number of barbiturate groups is 1. The van der Waals surface area contributed by atoms with Gasteiger partial charge in [-0.3, -0.25) is 14.9 Å². The number of rotatable bonds is 2. The van der Waals surface area contributed by atoms with E-state index >= 15 is 0 Å². The van der Waals surface area contributed by atoms with E-state index in [2.05, 4.69) is 37.2 Å².